The van der Waals surface area contributed by atoms with Crippen molar-refractivity contribution < 1.29 is 44.6 Å². The Balaban J connectivity index is 0. The number of nitrogens with two attached hydrogens (primary N) is 1. The molecule has 0 aliphatic heterocycles. The van der Waals surface area contributed by atoms with Crippen LogP contribution < -0.4 is 40.4 Å². The summed E-state index contributed by atoms with van der Waals surface area (Å²) in [5.74, 6) is -1.42. The molecule has 0 unspecified atom stereocenters. The van der Waals surface area contributed by atoms with Gasteiger partial charge in [0.1, 0.15) is 0 Å². The molecule has 0 fully saturated rings. The van der Waals surface area contributed by atoms with Gasteiger partial charge in [0, 0.05) is 0 Å². The van der Waals surface area contributed by atoms with Crippen LogP contribution in [0.1, 0.15) is 20.8 Å². The maximum Gasteiger partial charge on any atom is 1.00 e. The number of carboxylic acid groups (broad SMARTS) is 1. The number of rotatable bonds is 2. The summed E-state index contributed by atoms with van der Waals surface area (Å²) in [4.78, 5) is 10.2. The molecule has 0 bridgehead atoms. The van der Waals surface area contributed by atoms with Gasteiger partial charge in [-0.05, 0) is 5.41 Å². The first-order valence-corrected chi connectivity index (χ1v) is 3.41. The maximum absolute atomic E-state index is 10.2. The number of carboxylic acids is 1. The summed E-state index contributed by atoms with van der Waals surface area (Å²) in [5, 5.41) is 19.5. The van der Waals surface area contributed by atoms with Crippen molar-refractivity contribution >= 4 is 5.97 Å². The van der Waals surface area contributed by atoms with Gasteiger partial charge in [0.15, 0.2) is 0 Å². The van der Waals surface area contributed by atoms with Crippen molar-refractivity contribution in [3.8, 4) is 0 Å². The van der Waals surface area contributed by atoms with Crippen LogP contribution in [-0.4, -0.2) is 23.2 Å². The SMILES string of the molecule is CC(C)(C)[C@@H](O)[C@H](N)C(=O)[O-].[Na+]. The third-order valence-electron chi connectivity index (χ3n) is 1.50. The first-order chi connectivity index (χ1) is 4.76. The van der Waals surface area contributed by atoms with Crippen molar-refractivity contribution in [2.75, 3.05) is 0 Å². The molecule has 0 aliphatic rings. The van der Waals surface area contributed by atoms with E-state index < -0.39 is 23.5 Å². The molecule has 0 rings (SSSR count). The van der Waals surface area contributed by atoms with Crippen LogP contribution in [0.15, 0.2) is 0 Å². The van der Waals surface area contributed by atoms with Gasteiger partial charge < -0.3 is 20.7 Å². The van der Waals surface area contributed by atoms with Gasteiger partial charge in [0.25, 0.3) is 0 Å². The topological polar surface area (TPSA) is 86.4 Å². The van der Waals surface area contributed by atoms with Gasteiger partial charge >= 0.3 is 29.6 Å². The van der Waals surface area contributed by atoms with Crippen molar-refractivity contribution in [1.29, 1.82) is 0 Å². The van der Waals surface area contributed by atoms with E-state index in [2.05, 4.69) is 0 Å². The Bertz CT molecular complexity index is 155. The summed E-state index contributed by atoms with van der Waals surface area (Å²) in [6.07, 6.45) is -1.08. The molecule has 0 aromatic carbocycles. The van der Waals surface area contributed by atoms with Crippen LogP contribution in [0.4, 0.5) is 0 Å². The molecule has 3 N–H and O–H groups in total. The predicted molar refractivity (Wildman–Crippen MR) is 38.4 cm³/mol. The fourth-order valence-corrected chi connectivity index (χ4v) is 0.668. The Morgan fingerprint density at radius 2 is 1.83 bits per heavy atom. The third-order valence-corrected chi connectivity index (χ3v) is 1.50. The van der Waals surface area contributed by atoms with E-state index in [1.165, 1.54) is 0 Å². The Morgan fingerprint density at radius 1 is 1.50 bits per heavy atom. The number of aliphatic hydroxyl groups is 1. The molecule has 0 spiro atoms. The van der Waals surface area contributed by atoms with E-state index in [0.29, 0.717) is 0 Å². The van der Waals surface area contributed by atoms with Crippen LogP contribution in [0.3, 0.4) is 0 Å². The summed E-state index contributed by atoms with van der Waals surface area (Å²) < 4.78 is 0. The second-order valence-electron chi connectivity index (χ2n) is 3.66. The Hall–Kier alpha value is 0.390. The van der Waals surface area contributed by atoms with Gasteiger partial charge in [-0.15, -0.1) is 0 Å². The average Bonchev–Trinajstić information content (AvgIpc) is 1.82. The molecule has 4 nitrogen and oxygen atoms in total. The molecule has 0 amide bonds. The van der Waals surface area contributed by atoms with Crippen LogP contribution in [-0.2, 0) is 4.79 Å². The minimum atomic E-state index is -1.42. The van der Waals surface area contributed by atoms with Crippen molar-refractivity contribution in [3.63, 3.8) is 0 Å². The Morgan fingerprint density at radius 3 is 1.92 bits per heavy atom. The monoisotopic (exact) mass is 183 g/mol. The van der Waals surface area contributed by atoms with E-state index in [9.17, 15) is 15.0 Å². The van der Waals surface area contributed by atoms with Crippen LogP contribution >= 0.6 is 0 Å². The van der Waals surface area contributed by atoms with Gasteiger partial charge in [-0.1, -0.05) is 20.8 Å². The minimum absolute atomic E-state index is 0. The molecule has 0 aromatic rings. The number of carbonyl (C=O) groups excluding carboxylic acids is 1. The van der Waals surface area contributed by atoms with Crippen LogP contribution in [0.5, 0.6) is 0 Å². The Labute approximate surface area is 94.4 Å². The molecule has 5 heteroatoms. The molecule has 0 radical (unpaired) electrons. The van der Waals surface area contributed by atoms with Crippen molar-refractivity contribution in [3.05, 3.63) is 0 Å². The minimum Gasteiger partial charge on any atom is -0.548 e. The zero-order chi connectivity index (χ0) is 9.23. The zero-order valence-corrected chi connectivity index (χ0v) is 10.00. The van der Waals surface area contributed by atoms with Crippen LogP contribution in [0, 0.1) is 5.41 Å². The second kappa shape index (κ2) is 5.19. The fourth-order valence-electron chi connectivity index (χ4n) is 0.668. The normalized spacial score (nSPS) is 16.1. The van der Waals surface area contributed by atoms with E-state index in [0.717, 1.165) is 0 Å². The van der Waals surface area contributed by atoms with E-state index in [4.69, 9.17) is 5.73 Å². The van der Waals surface area contributed by atoms with Crippen LogP contribution in [0.25, 0.3) is 0 Å². The first-order valence-electron chi connectivity index (χ1n) is 3.41. The molecule has 0 aliphatic carbocycles. The number of aliphatic carboxylic acids is 1. The maximum atomic E-state index is 10.2. The van der Waals surface area contributed by atoms with Crippen molar-refractivity contribution in [1.82, 2.24) is 0 Å². The van der Waals surface area contributed by atoms with E-state index >= 15 is 0 Å². The summed E-state index contributed by atoms with van der Waals surface area (Å²) >= 11 is 0. The molecule has 0 heterocycles. The molecule has 66 valence electrons. The van der Waals surface area contributed by atoms with Crippen molar-refractivity contribution in [2.45, 2.75) is 32.9 Å². The van der Waals surface area contributed by atoms with E-state index in [-0.39, 0.29) is 29.6 Å². The fraction of sp³-hybridized carbons (Fsp3) is 0.857. The summed E-state index contributed by atoms with van der Waals surface area (Å²) in [6, 6.07) is -1.31. The van der Waals surface area contributed by atoms with E-state index in [1.54, 1.807) is 20.8 Å². The van der Waals surface area contributed by atoms with Gasteiger partial charge in [-0.2, -0.15) is 0 Å². The summed E-state index contributed by atoms with van der Waals surface area (Å²) in [6.45, 7) is 5.13. The number of carbonyl (C=O) groups is 1. The zero-order valence-electron chi connectivity index (χ0n) is 8.00. The first kappa shape index (κ1) is 14.9. The number of hydrogen-bond donors (Lipinski definition) is 2. The van der Waals surface area contributed by atoms with Crippen LogP contribution in [0.2, 0.25) is 0 Å². The van der Waals surface area contributed by atoms with Gasteiger partial charge in [0.2, 0.25) is 0 Å². The molecular formula is C7H14NNaO3. The van der Waals surface area contributed by atoms with Gasteiger partial charge in [-0.25, -0.2) is 0 Å². The molecular weight excluding hydrogens is 169 g/mol. The average molecular weight is 183 g/mol. The molecule has 12 heavy (non-hydrogen) atoms. The third kappa shape index (κ3) is 4.42. The molecule has 0 saturated carbocycles. The number of hydrogen-bond acceptors (Lipinski definition) is 4. The summed E-state index contributed by atoms with van der Waals surface area (Å²) in [5.41, 5.74) is 4.61. The van der Waals surface area contributed by atoms with Gasteiger partial charge in [-0.3, -0.25) is 0 Å². The largest absolute Gasteiger partial charge is 1.00 e. The Kier molecular flexibility index (Phi) is 6.44. The quantitative estimate of drug-likeness (QED) is 0.422. The summed E-state index contributed by atoms with van der Waals surface area (Å²) in [7, 11) is 0. The van der Waals surface area contributed by atoms with E-state index in [1.807, 2.05) is 0 Å². The second-order valence-corrected chi connectivity index (χ2v) is 3.66. The molecule has 0 saturated heterocycles. The molecule has 2 atom stereocenters. The smallest absolute Gasteiger partial charge is 0.548 e. The predicted octanol–water partition coefficient (Wildman–Crippen LogP) is -4.53. The van der Waals surface area contributed by atoms with Crippen molar-refractivity contribution in [2.24, 2.45) is 11.1 Å². The number of aliphatic hydroxyl groups excluding tert-OH is 1. The van der Waals surface area contributed by atoms with Gasteiger partial charge in [0.05, 0.1) is 18.1 Å². The molecule has 0 aromatic heterocycles. The standard InChI is InChI=1S/C7H15NO3.Na/c1-7(2,3)5(9)4(8)6(10)11;/h4-5,9H,8H2,1-3H3,(H,10,11);/q;+1/p-1/t4-,5-;/m0./s1.